The van der Waals surface area contributed by atoms with E-state index >= 15 is 0 Å². The Morgan fingerprint density at radius 3 is 2.84 bits per heavy atom. The summed E-state index contributed by atoms with van der Waals surface area (Å²) in [5, 5.41) is 12.5. The number of carbonyl (C=O) groups is 1. The molecule has 3 heteroatoms. The average Bonchev–Trinajstić information content (AvgIpc) is 3.00. The molecule has 2 fully saturated rings. The van der Waals surface area contributed by atoms with E-state index in [0.29, 0.717) is 11.5 Å². The highest BCUT2D eigenvalue weighted by molar-refractivity contribution is 5.94. The van der Waals surface area contributed by atoms with Gasteiger partial charge in [-0.3, -0.25) is 4.79 Å². The van der Waals surface area contributed by atoms with Gasteiger partial charge in [0.25, 0.3) is 5.91 Å². The van der Waals surface area contributed by atoms with E-state index in [4.69, 9.17) is 0 Å². The van der Waals surface area contributed by atoms with Gasteiger partial charge in [-0.05, 0) is 62.1 Å². The fraction of sp³-hybridized carbons (Fsp3) is 0.562. The number of nitrogens with one attached hydrogen (secondary N) is 1. The van der Waals surface area contributed by atoms with Gasteiger partial charge in [0.15, 0.2) is 0 Å². The van der Waals surface area contributed by atoms with E-state index in [1.54, 1.807) is 18.2 Å². The molecule has 2 bridgehead atoms. The molecule has 2 N–H and O–H groups in total. The standard InChI is InChI=1S/C16H21NO2/c1-10(15-8-11-5-6-12(15)7-11)17-16(19)13-3-2-4-14(18)9-13/h2-4,9-12,15,18H,5-8H2,1H3,(H,17,19). The molecular weight excluding hydrogens is 238 g/mol. The molecule has 19 heavy (non-hydrogen) atoms. The van der Waals surface area contributed by atoms with Crippen LogP contribution in [0.5, 0.6) is 5.75 Å². The molecule has 0 saturated heterocycles. The van der Waals surface area contributed by atoms with Crippen LogP contribution < -0.4 is 5.32 Å². The number of amides is 1. The zero-order chi connectivity index (χ0) is 13.4. The maximum Gasteiger partial charge on any atom is 0.251 e. The van der Waals surface area contributed by atoms with Gasteiger partial charge in [-0.2, -0.15) is 0 Å². The minimum absolute atomic E-state index is 0.0776. The second kappa shape index (κ2) is 4.87. The van der Waals surface area contributed by atoms with Crippen molar-refractivity contribution in [1.29, 1.82) is 0 Å². The van der Waals surface area contributed by atoms with E-state index in [1.165, 1.54) is 31.7 Å². The van der Waals surface area contributed by atoms with Crippen molar-refractivity contribution in [3.8, 4) is 5.75 Å². The maximum absolute atomic E-state index is 12.1. The van der Waals surface area contributed by atoms with Crippen LogP contribution in [0.4, 0.5) is 0 Å². The molecule has 0 aromatic heterocycles. The van der Waals surface area contributed by atoms with Crippen molar-refractivity contribution in [2.24, 2.45) is 17.8 Å². The third-order valence-electron chi connectivity index (χ3n) is 4.90. The number of hydrogen-bond acceptors (Lipinski definition) is 2. The zero-order valence-electron chi connectivity index (χ0n) is 11.3. The lowest BCUT2D eigenvalue weighted by atomic mass is 9.84. The summed E-state index contributed by atoms with van der Waals surface area (Å²) in [5.41, 5.74) is 0.537. The molecule has 4 atom stereocenters. The minimum atomic E-state index is -0.0776. The van der Waals surface area contributed by atoms with Gasteiger partial charge in [-0.15, -0.1) is 0 Å². The van der Waals surface area contributed by atoms with Crippen LogP contribution >= 0.6 is 0 Å². The van der Waals surface area contributed by atoms with Crippen LogP contribution in [0.2, 0.25) is 0 Å². The lowest BCUT2D eigenvalue weighted by Crippen LogP contribution is -2.40. The monoisotopic (exact) mass is 259 g/mol. The summed E-state index contributed by atoms with van der Waals surface area (Å²) in [7, 11) is 0. The summed E-state index contributed by atoms with van der Waals surface area (Å²) >= 11 is 0. The van der Waals surface area contributed by atoms with Crippen molar-refractivity contribution in [2.45, 2.75) is 38.6 Å². The second-order valence-electron chi connectivity index (χ2n) is 6.15. The highest BCUT2D eigenvalue weighted by Crippen LogP contribution is 2.49. The van der Waals surface area contributed by atoms with Gasteiger partial charge < -0.3 is 10.4 Å². The van der Waals surface area contributed by atoms with Gasteiger partial charge in [0, 0.05) is 11.6 Å². The molecule has 2 saturated carbocycles. The number of rotatable bonds is 3. The molecule has 0 aliphatic heterocycles. The zero-order valence-corrected chi connectivity index (χ0v) is 11.3. The molecular formula is C16H21NO2. The molecule has 4 unspecified atom stereocenters. The fourth-order valence-corrected chi connectivity index (χ4v) is 3.95. The first-order valence-corrected chi connectivity index (χ1v) is 7.23. The summed E-state index contributed by atoms with van der Waals surface area (Å²) in [6.07, 6.45) is 5.35. The number of phenols is 1. The predicted molar refractivity (Wildman–Crippen MR) is 74.0 cm³/mol. The van der Waals surface area contributed by atoms with Crippen LogP contribution in [0.15, 0.2) is 24.3 Å². The quantitative estimate of drug-likeness (QED) is 0.876. The van der Waals surface area contributed by atoms with E-state index in [9.17, 15) is 9.90 Å². The molecule has 3 rings (SSSR count). The van der Waals surface area contributed by atoms with E-state index in [-0.39, 0.29) is 17.7 Å². The van der Waals surface area contributed by atoms with Gasteiger partial charge >= 0.3 is 0 Å². The first-order chi connectivity index (χ1) is 9.13. The van der Waals surface area contributed by atoms with E-state index < -0.39 is 0 Å². The molecule has 0 spiro atoms. The first kappa shape index (κ1) is 12.5. The van der Waals surface area contributed by atoms with Crippen molar-refractivity contribution in [1.82, 2.24) is 5.32 Å². The molecule has 1 aromatic carbocycles. The molecule has 102 valence electrons. The van der Waals surface area contributed by atoms with Crippen molar-refractivity contribution in [3.05, 3.63) is 29.8 Å². The first-order valence-electron chi connectivity index (χ1n) is 7.23. The smallest absolute Gasteiger partial charge is 0.251 e. The number of fused-ring (bicyclic) bond motifs is 2. The van der Waals surface area contributed by atoms with Gasteiger partial charge in [0.1, 0.15) is 5.75 Å². The number of phenolic OH excluding ortho intramolecular Hbond substituents is 1. The maximum atomic E-state index is 12.1. The summed E-state index contributed by atoms with van der Waals surface area (Å²) < 4.78 is 0. The second-order valence-corrected chi connectivity index (χ2v) is 6.15. The van der Waals surface area contributed by atoms with E-state index in [0.717, 1.165) is 11.8 Å². The van der Waals surface area contributed by atoms with Crippen molar-refractivity contribution >= 4 is 5.91 Å². The van der Waals surface area contributed by atoms with Gasteiger partial charge in [-0.1, -0.05) is 12.5 Å². The lowest BCUT2D eigenvalue weighted by Gasteiger charge is -2.28. The van der Waals surface area contributed by atoms with E-state index in [2.05, 4.69) is 12.2 Å². The van der Waals surface area contributed by atoms with Crippen LogP contribution in [0.3, 0.4) is 0 Å². The summed E-state index contributed by atoms with van der Waals surface area (Å²) in [5.74, 6) is 2.41. The molecule has 3 nitrogen and oxygen atoms in total. The Balaban J connectivity index is 1.63. The highest BCUT2D eigenvalue weighted by Gasteiger charge is 2.42. The minimum Gasteiger partial charge on any atom is -0.508 e. The third kappa shape index (κ3) is 2.46. The number of carbonyl (C=O) groups excluding carboxylic acids is 1. The average molecular weight is 259 g/mol. The molecule has 2 aliphatic rings. The molecule has 1 aromatic rings. The van der Waals surface area contributed by atoms with Crippen LogP contribution in [-0.2, 0) is 0 Å². The largest absolute Gasteiger partial charge is 0.508 e. The van der Waals surface area contributed by atoms with E-state index in [1.807, 2.05) is 0 Å². The Bertz CT molecular complexity index is 485. The van der Waals surface area contributed by atoms with Crippen LogP contribution in [-0.4, -0.2) is 17.1 Å². The number of aromatic hydroxyl groups is 1. The summed E-state index contributed by atoms with van der Waals surface area (Å²) in [4.78, 5) is 12.1. The van der Waals surface area contributed by atoms with Crippen LogP contribution in [0.25, 0.3) is 0 Å². The van der Waals surface area contributed by atoms with Crippen molar-refractivity contribution < 1.29 is 9.90 Å². The normalized spacial score (nSPS) is 30.3. The number of hydrogen-bond donors (Lipinski definition) is 2. The molecule has 1 amide bonds. The Labute approximate surface area is 114 Å². The highest BCUT2D eigenvalue weighted by atomic mass is 16.3. The summed E-state index contributed by atoms with van der Waals surface area (Å²) in [6, 6.07) is 6.76. The van der Waals surface area contributed by atoms with Gasteiger partial charge in [-0.25, -0.2) is 0 Å². The summed E-state index contributed by atoms with van der Waals surface area (Å²) in [6.45, 7) is 2.12. The van der Waals surface area contributed by atoms with Crippen LogP contribution in [0.1, 0.15) is 43.0 Å². The van der Waals surface area contributed by atoms with Crippen molar-refractivity contribution in [2.75, 3.05) is 0 Å². The molecule has 2 aliphatic carbocycles. The van der Waals surface area contributed by atoms with Crippen LogP contribution in [0, 0.1) is 17.8 Å². The SMILES string of the molecule is CC(NC(=O)c1cccc(O)c1)C1CC2CCC1C2. The Morgan fingerprint density at radius 2 is 2.21 bits per heavy atom. The lowest BCUT2D eigenvalue weighted by molar-refractivity contribution is 0.0915. The number of benzene rings is 1. The Morgan fingerprint density at radius 1 is 1.37 bits per heavy atom. The predicted octanol–water partition coefficient (Wildman–Crippen LogP) is 2.95. The third-order valence-corrected chi connectivity index (χ3v) is 4.90. The van der Waals surface area contributed by atoms with Gasteiger partial charge in [0.2, 0.25) is 0 Å². The molecule has 0 heterocycles. The van der Waals surface area contributed by atoms with Gasteiger partial charge in [0.05, 0.1) is 0 Å². The fourth-order valence-electron chi connectivity index (χ4n) is 3.95. The Hall–Kier alpha value is -1.51. The topological polar surface area (TPSA) is 49.3 Å². The molecule has 0 radical (unpaired) electrons. The Kier molecular flexibility index (Phi) is 3.21. The van der Waals surface area contributed by atoms with Crippen molar-refractivity contribution in [3.63, 3.8) is 0 Å².